The van der Waals surface area contributed by atoms with Crippen molar-refractivity contribution < 1.29 is 24.3 Å². The zero-order valence-electron chi connectivity index (χ0n) is 20.9. The maximum Gasteiger partial charge on any atom is 0.326 e. The Morgan fingerprint density at radius 2 is 1.47 bits per heavy atom. The van der Waals surface area contributed by atoms with Gasteiger partial charge < -0.3 is 31.8 Å². The quantitative estimate of drug-likeness (QED) is 0.225. The number of rotatable bonds is 14. The van der Waals surface area contributed by atoms with Gasteiger partial charge in [0.25, 0.3) is 0 Å². The van der Waals surface area contributed by atoms with Crippen molar-refractivity contribution in [3.63, 3.8) is 0 Å². The minimum Gasteiger partial charge on any atom is -0.480 e. The van der Waals surface area contributed by atoms with Gasteiger partial charge in [0.2, 0.25) is 17.7 Å². The van der Waals surface area contributed by atoms with Gasteiger partial charge in [-0.1, -0.05) is 41.5 Å². The fraction of sp³-hybridized carbons (Fsp3) is 0.696. The molecule has 4 atom stereocenters. The monoisotopic (exact) mass is 480 g/mol. The molecule has 1 rings (SSSR count). The van der Waals surface area contributed by atoms with E-state index in [9.17, 15) is 24.3 Å². The summed E-state index contributed by atoms with van der Waals surface area (Å²) >= 11 is 0. The van der Waals surface area contributed by atoms with Gasteiger partial charge in [-0.05, 0) is 30.6 Å². The van der Waals surface area contributed by atoms with E-state index in [1.165, 1.54) is 12.5 Å². The second-order valence-corrected chi connectivity index (χ2v) is 9.84. The fourth-order valence-corrected chi connectivity index (χ4v) is 3.46. The van der Waals surface area contributed by atoms with Gasteiger partial charge in [0.15, 0.2) is 0 Å². The molecule has 0 aromatic carbocycles. The molecule has 0 saturated heterocycles. The molecule has 34 heavy (non-hydrogen) atoms. The lowest BCUT2D eigenvalue weighted by molar-refractivity contribution is -0.143. The highest BCUT2D eigenvalue weighted by Gasteiger charge is 2.32. The van der Waals surface area contributed by atoms with Crippen molar-refractivity contribution in [2.45, 2.75) is 85.0 Å². The molecule has 0 fully saturated rings. The molecule has 0 bridgehead atoms. The number of carboxylic acid groups (broad SMARTS) is 1. The van der Waals surface area contributed by atoms with Crippen LogP contribution >= 0.6 is 0 Å². The first-order chi connectivity index (χ1) is 15.8. The predicted octanol–water partition coefficient (Wildman–Crippen LogP) is 0.567. The van der Waals surface area contributed by atoms with Crippen LogP contribution in [0.1, 0.15) is 60.1 Å². The first-order valence-electron chi connectivity index (χ1n) is 11.7. The van der Waals surface area contributed by atoms with E-state index < -0.39 is 47.9 Å². The van der Waals surface area contributed by atoms with Gasteiger partial charge in [0, 0.05) is 18.3 Å². The minimum absolute atomic E-state index is 0.0667. The molecule has 1 heterocycles. The van der Waals surface area contributed by atoms with Crippen LogP contribution in [0.3, 0.4) is 0 Å². The van der Waals surface area contributed by atoms with Crippen molar-refractivity contribution in [3.05, 3.63) is 18.2 Å². The van der Waals surface area contributed by atoms with Crippen LogP contribution in [0.15, 0.2) is 12.5 Å². The lowest BCUT2D eigenvalue weighted by Gasteiger charge is -2.26. The number of aliphatic carboxylic acids is 1. The Kier molecular flexibility index (Phi) is 11.7. The molecule has 1 aromatic rings. The van der Waals surface area contributed by atoms with Crippen LogP contribution in [0.2, 0.25) is 0 Å². The van der Waals surface area contributed by atoms with Crippen LogP contribution in [0.25, 0.3) is 0 Å². The highest BCUT2D eigenvalue weighted by Crippen LogP contribution is 2.10. The van der Waals surface area contributed by atoms with Crippen LogP contribution < -0.4 is 21.7 Å². The number of carbonyl (C=O) groups is 4. The first kappa shape index (κ1) is 29.1. The molecule has 0 radical (unpaired) electrons. The van der Waals surface area contributed by atoms with Crippen molar-refractivity contribution >= 4 is 23.7 Å². The number of aromatic amines is 1. The van der Waals surface area contributed by atoms with E-state index in [-0.39, 0.29) is 24.2 Å². The molecule has 4 unspecified atom stereocenters. The third kappa shape index (κ3) is 9.90. The standard InChI is InChI=1S/C23H40N6O5/c1-12(2)7-16(24)20(30)27-17(8-13(3)4)21(31)28-18(9-15-10-25-11-26-15)22(32)29-19(14(5)6)23(33)34/h10-14,16-19H,7-9,24H2,1-6H3,(H,25,26)(H,27,30)(H,28,31)(H,29,32)(H,33,34). The largest absolute Gasteiger partial charge is 0.480 e. The van der Waals surface area contributed by atoms with E-state index in [0.29, 0.717) is 18.5 Å². The lowest BCUT2D eigenvalue weighted by atomic mass is 9.99. The Hall–Kier alpha value is -2.95. The SMILES string of the molecule is CC(C)CC(N)C(=O)NC(CC(C)C)C(=O)NC(Cc1cnc[nH]1)C(=O)NC(C(=O)O)C(C)C. The van der Waals surface area contributed by atoms with Gasteiger partial charge in [0.1, 0.15) is 18.1 Å². The zero-order chi connectivity index (χ0) is 26.0. The Morgan fingerprint density at radius 1 is 0.912 bits per heavy atom. The zero-order valence-corrected chi connectivity index (χ0v) is 20.9. The van der Waals surface area contributed by atoms with Crippen LogP contribution in [0, 0.1) is 17.8 Å². The maximum atomic E-state index is 13.2. The van der Waals surface area contributed by atoms with Gasteiger partial charge in [-0.3, -0.25) is 14.4 Å². The molecular weight excluding hydrogens is 440 g/mol. The van der Waals surface area contributed by atoms with E-state index >= 15 is 0 Å². The second kappa shape index (κ2) is 13.7. The predicted molar refractivity (Wildman–Crippen MR) is 127 cm³/mol. The van der Waals surface area contributed by atoms with Gasteiger partial charge >= 0.3 is 5.97 Å². The van der Waals surface area contributed by atoms with E-state index in [1.54, 1.807) is 13.8 Å². The third-order valence-corrected chi connectivity index (χ3v) is 5.24. The van der Waals surface area contributed by atoms with Gasteiger partial charge in [-0.15, -0.1) is 0 Å². The highest BCUT2D eigenvalue weighted by atomic mass is 16.4. The average molecular weight is 481 g/mol. The molecule has 7 N–H and O–H groups in total. The number of hydrogen-bond donors (Lipinski definition) is 6. The molecule has 0 spiro atoms. The number of nitrogens with zero attached hydrogens (tertiary/aromatic N) is 1. The minimum atomic E-state index is -1.17. The van der Waals surface area contributed by atoms with Crippen molar-refractivity contribution in [2.24, 2.45) is 23.5 Å². The first-order valence-corrected chi connectivity index (χ1v) is 11.7. The van der Waals surface area contributed by atoms with Crippen LogP contribution in [-0.4, -0.2) is 62.9 Å². The summed E-state index contributed by atoms with van der Waals surface area (Å²) in [6, 6.07) is -3.85. The molecule has 0 saturated carbocycles. The van der Waals surface area contributed by atoms with Crippen molar-refractivity contribution in [1.82, 2.24) is 25.9 Å². The van der Waals surface area contributed by atoms with E-state index in [2.05, 4.69) is 25.9 Å². The third-order valence-electron chi connectivity index (χ3n) is 5.24. The molecule has 3 amide bonds. The maximum absolute atomic E-state index is 13.2. The molecule has 192 valence electrons. The number of hydrogen-bond acceptors (Lipinski definition) is 6. The molecule has 11 heteroatoms. The normalized spacial score (nSPS) is 15.0. The molecule has 0 aliphatic heterocycles. The second-order valence-electron chi connectivity index (χ2n) is 9.84. The Bertz CT molecular complexity index is 809. The summed E-state index contributed by atoms with van der Waals surface area (Å²) in [4.78, 5) is 57.1. The number of imidazole rings is 1. The van der Waals surface area contributed by atoms with Crippen LogP contribution in [0.5, 0.6) is 0 Å². The lowest BCUT2D eigenvalue weighted by Crippen LogP contribution is -2.58. The average Bonchev–Trinajstić information content (AvgIpc) is 3.22. The van der Waals surface area contributed by atoms with E-state index in [4.69, 9.17) is 5.73 Å². The molecule has 0 aliphatic carbocycles. The van der Waals surface area contributed by atoms with Gasteiger partial charge in [0.05, 0.1) is 12.4 Å². The van der Waals surface area contributed by atoms with Crippen molar-refractivity contribution in [3.8, 4) is 0 Å². The summed E-state index contributed by atoms with van der Waals surface area (Å²) in [5.41, 5.74) is 6.56. The number of carbonyl (C=O) groups excluding carboxylic acids is 3. The van der Waals surface area contributed by atoms with Crippen molar-refractivity contribution in [2.75, 3.05) is 0 Å². The number of nitrogens with two attached hydrogens (primary N) is 1. The van der Waals surface area contributed by atoms with Crippen molar-refractivity contribution in [1.29, 1.82) is 0 Å². The molecule has 11 nitrogen and oxygen atoms in total. The summed E-state index contributed by atoms with van der Waals surface area (Å²) in [7, 11) is 0. The van der Waals surface area contributed by atoms with E-state index in [0.717, 1.165) is 0 Å². The van der Waals surface area contributed by atoms with E-state index in [1.807, 2.05) is 27.7 Å². The van der Waals surface area contributed by atoms with Gasteiger partial charge in [-0.25, -0.2) is 9.78 Å². The summed E-state index contributed by atoms with van der Waals surface area (Å²) in [6.45, 7) is 11.1. The summed E-state index contributed by atoms with van der Waals surface area (Å²) in [5, 5.41) is 17.3. The summed E-state index contributed by atoms with van der Waals surface area (Å²) in [6.07, 6.45) is 3.84. The number of amides is 3. The number of aromatic nitrogens is 2. The Balaban J connectivity index is 3.06. The van der Waals surface area contributed by atoms with Gasteiger partial charge in [-0.2, -0.15) is 0 Å². The topological polar surface area (TPSA) is 179 Å². The molecule has 0 aliphatic rings. The Morgan fingerprint density at radius 3 is 1.94 bits per heavy atom. The highest BCUT2D eigenvalue weighted by molar-refractivity contribution is 5.94. The molecular formula is C23H40N6O5. The Labute approximate surface area is 201 Å². The smallest absolute Gasteiger partial charge is 0.326 e. The van der Waals surface area contributed by atoms with Crippen LogP contribution in [0.4, 0.5) is 0 Å². The number of H-pyrrole nitrogens is 1. The fourth-order valence-electron chi connectivity index (χ4n) is 3.46. The van der Waals surface area contributed by atoms with Crippen LogP contribution in [-0.2, 0) is 25.6 Å². The summed E-state index contributed by atoms with van der Waals surface area (Å²) in [5.74, 6) is -2.86. The summed E-state index contributed by atoms with van der Waals surface area (Å²) < 4.78 is 0. The number of carboxylic acids is 1. The number of nitrogens with one attached hydrogen (secondary N) is 4. The molecule has 1 aromatic heterocycles.